The van der Waals surface area contributed by atoms with Crippen molar-refractivity contribution >= 4 is 17.3 Å². The molecule has 1 amide bonds. The molecule has 3 rings (SSSR count). The van der Waals surface area contributed by atoms with Gasteiger partial charge in [-0.15, -0.1) is 0 Å². The lowest BCUT2D eigenvalue weighted by Crippen LogP contribution is -2.25. The van der Waals surface area contributed by atoms with E-state index in [0.29, 0.717) is 11.6 Å². The molecule has 2 N–H and O–H groups in total. The largest absolute Gasteiger partial charge is 0.444 e. The van der Waals surface area contributed by atoms with Crippen LogP contribution in [0.2, 0.25) is 0 Å². The Morgan fingerprint density at radius 3 is 2.65 bits per heavy atom. The van der Waals surface area contributed by atoms with Gasteiger partial charge in [-0.05, 0) is 38.0 Å². The summed E-state index contributed by atoms with van der Waals surface area (Å²) in [6, 6.07) is 1.93. The molecule has 0 saturated heterocycles. The van der Waals surface area contributed by atoms with E-state index in [1.807, 2.05) is 26.8 Å². The van der Waals surface area contributed by atoms with Crippen LogP contribution in [0.25, 0.3) is 11.5 Å². The summed E-state index contributed by atoms with van der Waals surface area (Å²) in [5.74, 6) is 0.312. The monoisotopic (exact) mass is 269 g/mol. The summed E-state index contributed by atoms with van der Waals surface area (Å²) in [5.41, 5.74) is 5.59. The number of aryl methyl sites for hydroxylation is 2. The second-order valence-corrected chi connectivity index (χ2v) is 4.97. The van der Waals surface area contributed by atoms with E-state index in [1.54, 1.807) is 6.26 Å². The molecule has 0 fully saturated rings. The number of nitrogens with one attached hydrogen (secondary N) is 2. The molecule has 1 aliphatic rings. The summed E-state index contributed by atoms with van der Waals surface area (Å²) < 4.78 is 5.52. The highest BCUT2D eigenvalue weighted by Gasteiger charge is 2.25. The van der Waals surface area contributed by atoms with Crippen LogP contribution in [0.1, 0.15) is 16.8 Å². The van der Waals surface area contributed by atoms with Gasteiger partial charge in [0.15, 0.2) is 0 Å². The highest BCUT2D eigenvalue weighted by molar-refractivity contribution is 6.13. The van der Waals surface area contributed by atoms with E-state index < -0.39 is 0 Å². The number of fused-ring (bicyclic) bond motifs is 1. The normalized spacial score (nSPS) is 13.8. The molecule has 0 atom stereocenters. The molecule has 0 spiro atoms. The summed E-state index contributed by atoms with van der Waals surface area (Å²) in [4.78, 5) is 16.1. The van der Waals surface area contributed by atoms with Crippen molar-refractivity contribution in [2.24, 2.45) is 0 Å². The maximum absolute atomic E-state index is 11.7. The smallest absolute Gasteiger partial charge is 0.271 e. The molecule has 0 bridgehead atoms. The number of aromatic nitrogens is 1. The lowest BCUT2D eigenvalue weighted by Gasteiger charge is -2.24. The summed E-state index contributed by atoms with van der Waals surface area (Å²) >= 11 is 0. The summed E-state index contributed by atoms with van der Waals surface area (Å²) in [7, 11) is 0. The molecule has 0 aliphatic carbocycles. The molecular formula is C15H15N3O2. The Balaban J connectivity index is 2.28. The topological polar surface area (TPSA) is 67.2 Å². The van der Waals surface area contributed by atoms with Crippen molar-refractivity contribution in [2.75, 3.05) is 10.6 Å². The van der Waals surface area contributed by atoms with Gasteiger partial charge in [-0.1, -0.05) is 6.58 Å². The highest BCUT2D eigenvalue weighted by atomic mass is 16.3. The summed E-state index contributed by atoms with van der Waals surface area (Å²) in [6.45, 7) is 9.58. The molecule has 0 saturated carbocycles. The number of amides is 1. The maximum atomic E-state index is 11.7. The Hall–Kier alpha value is -2.56. The molecule has 2 heterocycles. The van der Waals surface area contributed by atoms with Crippen molar-refractivity contribution in [3.63, 3.8) is 0 Å². The van der Waals surface area contributed by atoms with Gasteiger partial charge in [0, 0.05) is 0 Å². The Kier molecular flexibility index (Phi) is 2.64. The third kappa shape index (κ3) is 1.79. The first kappa shape index (κ1) is 12.5. The van der Waals surface area contributed by atoms with Gasteiger partial charge in [0.25, 0.3) is 5.91 Å². The van der Waals surface area contributed by atoms with Gasteiger partial charge >= 0.3 is 0 Å². The third-order valence-electron chi connectivity index (χ3n) is 3.48. The number of hydrogen-bond donors (Lipinski definition) is 2. The lowest BCUT2D eigenvalue weighted by atomic mass is 9.98. The van der Waals surface area contributed by atoms with Crippen LogP contribution in [0, 0.1) is 20.8 Å². The van der Waals surface area contributed by atoms with Crippen molar-refractivity contribution in [1.82, 2.24) is 4.98 Å². The predicted molar refractivity (Wildman–Crippen MR) is 77.5 cm³/mol. The van der Waals surface area contributed by atoms with Crippen molar-refractivity contribution in [3.8, 4) is 11.5 Å². The number of oxazole rings is 1. The van der Waals surface area contributed by atoms with Crippen LogP contribution >= 0.6 is 0 Å². The van der Waals surface area contributed by atoms with Crippen molar-refractivity contribution in [2.45, 2.75) is 20.8 Å². The summed E-state index contributed by atoms with van der Waals surface area (Å²) in [5, 5.41) is 5.87. The molecule has 5 nitrogen and oxygen atoms in total. The Bertz CT molecular complexity index is 744. The van der Waals surface area contributed by atoms with Crippen LogP contribution in [0.15, 0.2) is 29.0 Å². The number of rotatable bonds is 1. The second kappa shape index (κ2) is 4.23. The molecule has 20 heavy (non-hydrogen) atoms. The van der Waals surface area contributed by atoms with Gasteiger partial charge in [0.05, 0.1) is 28.3 Å². The van der Waals surface area contributed by atoms with E-state index >= 15 is 0 Å². The number of benzene rings is 1. The van der Waals surface area contributed by atoms with Gasteiger partial charge < -0.3 is 15.1 Å². The van der Waals surface area contributed by atoms with Crippen LogP contribution in [-0.4, -0.2) is 10.9 Å². The fourth-order valence-electron chi connectivity index (χ4n) is 2.29. The quantitative estimate of drug-likeness (QED) is 0.780. The Morgan fingerprint density at radius 2 is 2.00 bits per heavy atom. The predicted octanol–water partition coefficient (Wildman–Crippen LogP) is 3.14. The Labute approximate surface area is 116 Å². The molecule has 1 aromatic heterocycles. The van der Waals surface area contributed by atoms with E-state index in [-0.39, 0.29) is 5.91 Å². The van der Waals surface area contributed by atoms with Crippen LogP contribution in [0.5, 0.6) is 0 Å². The molecule has 0 unspecified atom stereocenters. The fourth-order valence-corrected chi connectivity index (χ4v) is 2.29. The van der Waals surface area contributed by atoms with Gasteiger partial charge in [0.2, 0.25) is 5.89 Å². The SMILES string of the molecule is C=C1Nc2c(cc(C)c(C)c2-c2nc(C)co2)NC1=O. The van der Waals surface area contributed by atoms with Crippen molar-refractivity contribution in [3.05, 3.63) is 41.4 Å². The molecule has 1 aliphatic heterocycles. The molecular weight excluding hydrogens is 254 g/mol. The van der Waals surface area contributed by atoms with Gasteiger partial charge in [-0.3, -0.25) is 4.79 Å². The van der Waals surface area contributed by atoms with E-state index in [2.05, 4.69) is 22.2 Å². The third-order valence-corrected chi connectivity index (χ3v) is 3.48. The lowest BCUT2D eigenvalue weighted by molar-refractivity contribution is -0.112. The van der Waals surface area contributed by atoms with Crippen LogP contribution in [0.3, 0.4) is 0 Å². The fraction of sp³-hybridized carbons (Fsp3) is 0.200. The van der Waals surface area contributed by atoms with Gasteiger partial charge in [-0.25, -0.2) is 4.98 Å². The number of anilines is 2. The van der Waals surface area contributed by atoms with Gasteiger partial charge in [0.1, 0.15) is 6.26 Å². The van der Waals surface area contributed by atoms with E-state index in [4.69, 9.17) is 4.42 Å². The van der Waals surface area contributed by atoms with Crippen LogP contribution in [0.4, 0.5) is 11.4 Å². The van der Waals surface area contributed by atoms with E-state index in [9.17, 15) is 4.79 Å². The molecule has 5 heteroatoms. The van der Waals surface area contributed by atoms with E-state index in [1.165, 1.54) is 0 Å². The van der Waals surface area contributed by atoms with Crippen molar-refractivity contribution in [1.29, 1.82) is 0 Å². The highest BCUT2D eigenvalue weighted by Crippen LogP contribution is 2.41. The average molecular weight is 269 g/mol. The van der Waals surface area contributed by atoms with Gasteiger partial charge in [-0.2, -0.15) is 0 Å². The first-order valence-corrected chi connectivity index (χ1v) is 6.31. The van der Waals surface area contributed by atoms with Crippen LogP contribution < -0.4 is 10.6 Å². The number of carbonyl (C=O) groups is 1. The molecule has 0 radical (unpaired) electrons. The number of carbonyl (C=O) groups excluding carboxylic acids is 1. The minimum absolute atomic E-state index is 0.227. The second-order valence-electron chi connectivity index (χ2n) is 4.97. The maximum Gasteiger partial charge on any atom is 0.271 e. The molecule has 1 aromatic carbocycles. The average Bonchev–Trinajstić information content (AvgIpc) is 2.80. The summed E-state index contributed by atoms with van der Waals surface area (Å²) in [6.07, 6.45) is 1.61. The minimum Gasteiger partial charge on any atom is -0.444 e. The first-order valence-electron chi connectivity index (χ1n) is 6.31. The zero-order valence-corrected chi connectivity index (χ0v) is 11.6. The first-order chi connectivity index (χ1) is 9.47. The number of nitrogens with zero attached hydrogens (tertiary/aromatic N) is 1. The standard InChI is InChI=1S/C15H15N3O2/c1-7-5-11-13(17-10(4)14(19)18-11)12(9(7)3)15-16-8(2)6-20-15/h5-6,17H,4H2,1-3H3,(H,18,19). The zero-order valence-electron chi connectivity index (χ0n) is 11.6. The van der Waals surface area contributed by atoms with Crippen LogP contribution in [-0.2, 0) is 4.79 Å². The number of hydrogen-bond acceptors (Lipinski definition) is 4. The minimum atomic E-state index is -0.227. The molecule has 2 aromatic rings. The Morgan fingerprint density at radius 1 is 1.25 bits per heavy atom. The van der Waals surface area contributed by atoms with E-state index in [0.717, 1.165) is 33.8 Å². The zero-order chi connectivity index (χ0) is 14.4. The van der Waals surface area contributed by atoms with Crippen molar-refractivity contribution < 1.29 is 9.21 Å². The molecule has 102 valence electrons.